The summed E-state index contributed by atoms with van der Waals surface area (Å²) < 4.78 is 11.0. The minimum Gasteiger partial charge on any atom is -0.381 e. The molecule has 2 N–H and O–H groups in total. The monoisotopic (exact) mass is 265 g/mol. The van der Waals surface area contributed by atoms with Crippen molar-refractivity contribution in [2.45, 2.75) is 50.4 Å². The van der Waals surface area contributed by atoms with Crippen LogP contribution < -0.4 is 5.73 Å². The predicted molar refractivity (Wildman–Crippen MR) is 70.8 cm³/mol. The first kappa shape index (κ1) is 13.1. The standard InChI is InChI=1S/C14H23N3O2/c15-8-10-4-1-2-6-12(10)14-16-13(17-19-14)11-5-3-7-18-9-11/h10-12H,1-9,15H2. The number of aromatic nitrogens is 2. The first-order valence-electron chi connectivity index (χ1n) is 7.50. The van der Waals surface area contributed by atoms with Gasteiger partial charge in [-0.25, -0.2) is 0 Å². The molecule has 2 heterocycles. The molecule has 19 heavy (non-hydrogen) atoms. The Bertz CT molecular complexity index is 401. The SMILES string of the molecule is NCC1CCCCC1c1nc(C2CCCOC2)no1. The molecule has 1 aromatic heterocycles. The summed E-state index contributed by atoms with van der Waals surface area (Å²) in [6, 6.07) is 0. The molecular formula is C14H23N3O2. The molecule has 1 aliphatic heterocycles. The van der Waals surface area contributed by atoms with Gasteiger partial charge in [0, 0.05) is 18.4 Å². The van der Waals surface area contributed by atoms with E-state index in [1.807, 2.05) is 0 Å². The molecule has 0 amide bonds. The lowest BCUT2D eigenvalue weighted by atomic mass is 9.79. The van der Waals surface area contributed by atoms with E-state index in [9.17, 15) is 0 Å². The number of hydrogen-bond donors (Lipinski definition) is 1. The number of ether oxygens (including phenoxy) is 1. The van der Waals surface area contributed by atoms with Gasteiger partial charge in [-0.3, -0.25) is 0 Å². The van der Waals surface area contributed by atoms with Crippen LogP contribution in [0.3, 0.4) is 0 Å². The zero-order chi connectivity index (χ0) is 13.1. The molecule has 2 aliphatic rings. The Balaban J connectivity index is 1.72. The minimum absolute atomic E-state index is 0.311. The van der Waals surface area contributed by atoms with Crippen molar-refractivity contribution in [3.8, 4) is 0 Å². The number of nitrogens with zero attached hydrogens (tertiary/aromatic N) is 2. The third-order valence-corrected chi connectivity index (χ3v) is 4.51. The van der Waals surface area contributed by atoms with Crippen LogP contribution in [0.2, 0.25) is 0 Å². The molecule has 1 aromatic rings. The molecule has 106 valence electrons. The van der Waals surface area contributed by atoms with Gasteiger partial charge in [0.25, 0.3) is 0 Å². The molecule has 0 bridgehead atoms. The molecule has 5 nitrogen and oxygen atoms in total. The summed E-state index contributed by atoms with van der Waals surface area (Å²) in [5, 5.41) is 4.18. The van der Waals surface area contributed by atoms with E-state index >= 15 is 0 Å². The van der Waals surface area contributed by atoms with Crippen LogP contribution in [0.4, 0.5) is 0 Å². The van der Waals surface area contributed by atoms with Crippen LogP contribution in [-0.2, 0) is 4.74 Å². The van der Waals surface area contributed by atoms with Crippen molar-refractivity contribution in [3.05, 3.63) is 11.7 Å². The highest BCUT2D eigenvalue weighted by molar-refractivity contribution is 5.02. The van der Waals surface area contributed by atoms with Crippen molar-refractivity contribution in [1.29, 1.82) is 0 Å². The van der Waals surface area contributed by atoms with Crippen LogP contribution >= 0.6 is 0 Å². The second kappa shape index (κ2) is 6.01. The summed E-state index contributed by atoms with van der Waals surface area (Å²) >= 11 is 0. The van der Waals surface area contributed by atoms with Crippen molar-refractivity contribution in [3.63, 3.8) is 0 Å². The van der Waals surface area contributed by atoms with Crippen LogP contribution in [0.15, 0.2) is 4.52 Å². The van der Waals surface area contributed by atoms with Gasteiger partial charge >= 0.3 is 0 Å². The topological polar surface area (TPSA) is 74.2 Å². The second-order valence-corrected chi connectivity index (χ2v) is 5.79. The smallest absolute Gasteiger partial charge is 0.230 e. The Labute approximate surface area is 113 Å². The summed E-state index contributed by atoms with van der Waals surface area (Å²) in [6.07, 6.45) is 7.02. The van der Waals surface area contributed by atoms with E-state index in [2.05, 4.69) is 10.1 Å². The Hall–Kier alpha value is -0.940. The van der Waals surface area contributed by atoms with Crippen molar-refractivity contribution in [1.82, 2.24) is 10.1 Å². The van der Waals surface area contributed by atoms with E-state index in [1.165, 1.54) is 19.3 Å². The molecule has 5 heteroatoms. The Morgan fingerprint density at radius 2 is 2.05 bits per heavy atom. The minimum atomic E-state index is 0.311. The number of rotatable bonds is 3. The van der Waals surface area contributed by atoms with Gasteiger partial charge < -0.3 is 15.0 Å². The fourth-order valence-electron chi connectivity index (χ4n) is 3.32. The van der Waals surface area contributed by atoms with Crippen LogP contribution in [0.5, 0.6) is 0 Å². The van der Waals surface area contributed by atoms with Crippen LogP contribution in [-0.4, -0.2) is 29.9 Å². The number of nitrogens with two attached hydrogens (primary N) is 1. The normalized spacial score (nSPS) is 32.4. The van der Waals surface area contributed by atoms with Crippen molar-refractivity contribution >= 4 is 0 Å². The molecule has 1 saturated heterocycles. The van der Waals surface area contributed by atoms with Gasteiger partial charge in [0.2, 0.25) is 5.89 Å². The molecule has 0 radical (unpaired) electrons. The summed E-state index contributed by atoms with van der Waals surface area (Å²) in [6.45, 7) is 2.30. The fraction of sp³-hybridized carbons (Fsp3) is 0.857. The molecule has 3 rings (SSSR count). The highest BCUT2D eigenvalue weighted by Crippen LogP contribution is 2.37. The second-order valence-electron chi connectivity index (χ2n) is 5.79. The Morgan fingerprint density at radius 1 is 1.16 bits per heavy atom. The van der Waals surface area contributed by atoms with E-state index in [-0.39, 0.29) is 0 Å². The zero-order valence-electron chi connectivity index (χ0n) is 11.4. The van der Waals surface area contributed by atoms with Crippen LogP contribution in [0.25, 0.3) is 0 Å². The third-order valence-electron chi connectivity index (χ3n) is 4.51. The summed E-state index contributed by atoms with van der Waals surface area (Å²) in [4.78, 5) is 4.64. The fourth-order valence-corrected chi connectivity index (χ4v) is 3.32. The van der Waals surface area contributed by atoms with Crippen molar-refractivity contribution in [2.24, 2.45) is 11.7 Å². The van der Waals surface area contributed by atoms with Crippen LogP contribution in [0.1, 0.15) is 62.1 Å². The zero-order valence-corrected chi connectivity index (χ0v) is 11.4. The van der Waals surface area contributed by atoms with E-state index in [4.69, 9.17) is 15.0 Å². The summed E-state index contributed by atoms with van der Waals surface area (Å²) in [7, 11) is 0. The third kappa shape index (κ3) is 2.82. The molecule has 0 spiro atoms. The lowest BCUT2D eigenvalue weighted by molar-refractivity contribution is 0.0773. The van der Waals surface area contributed by atoms with E-state index in [0.717, 1.165) is 50.7 Å². The quantitative estimate of drug-likeness (QED) is 0.906. The van der Waals surface area contributed by atoms with Gasteiger partial charge in [-0.2, -0.15) is 4.98 Å². The lowest BCUT2D eigenvalue weighted by Crippen LogP contribution is -2.25. The summed E-state index contributed by atoms with van der Waals surface area (Å²) in [5.74, 6) is 2.81. The Morgan fingerprint density at radius 3 is 2.84 bits per heavy atom. The average Bonchev–Trinajstić information content (AvgIpc) is 2.98. The predicted octanol–water partition coefficient (Wildman–Crippen LogP) is 2.20. The maximum atomic E-state index is 5.87. The molecule has 1 aliphatic carbocycles. The molecule has 3 atom stereocenters. The van der Waals surface area contributed by atoms with E-state index in [0.29, 0.717) is 17.8 Å². The van der Waals surface area contributed by atoms with E-state index in [1.54, 1.807) is 0 Å². The van der Waals surface area contributed by atoms with Gasteiger partial charge in [0.05, 0.1) is 6.61 Å². The largest absolute Gasteiger partial charge is 0.381 e. The first-order valence-corrected chi connectivity index (χ1v) is 7.50. The first-order chi connectivity index (χ1) is 9.38. The average molecular weight is 265 g/mol. The molecular weight excluding hydrogens is 242 g/mol. The highest BCUT2D eigenvalue weighted by atomic mass is 16.5. The van der Waals surface area contributed by atoms with Gasteiger partial charge in [0.15, 0.2) is 5.82 Å². The molecule has 0 aromatic carbocycles. The molecule has 3 unspecified atom stereocenters. The number of hydrogen-bond acceptors (Lipinski definition) is 5. The Kier molecular flexibility index (Phi) is 4.13. The highest BCUT2D eigenvalue weighted by Gasteiger charge is 2.31. The summed E-state index contributed by atoms with van der Waals surface area (Å²) in [5.41, 5.74) is 5.87. The van der Waals surface area contributed by atoms with Crippen LogP contribution in [0, 0.1) is 5.92 Å². The van der Waals surface area contributed by atoms with Gasteiger partial charge in [-0.15, -0.1) is 0 Å². The van der Waals surface area contributed by atoms with E-state index < -0.39 is 0 Å². The molecule has 2 fully saturated rings. The van der Waals surface area contributed by atoms with Crippen molar-refractivity contribution in [2.75, 3.05) is 19.8 Å². The maximum absolute atomic E-state index is 5.87. The van der Waals surface area contributed by atoms with Gasteiger partial charge in [-0.1, -0.05) is 18.0 Å². The van der Waals surface area contributed by atoms with Crippen molar-refractivity contribution < 1.29 is 9.26 Å². The lowest BCUT2D eigenvalue weighted by Gasteiger charge is -2.27. The maximum Gasteiger partial charge on any atom is 0.230 e. The van der Waals surface area contributed by atoms with Gasteiger partial charge in [0.1, 0.15) is 0 Å². The molecule has 1 saturated carbocycles. The van der Waals surface area contributed by atoms with Gasteiger partial charge in [-0.05, 0) is 38.1 Å².